The summed E-state index contributed by atoms with van der Waals surface area (Å²) < 4.78 is 25.8. The van der Waals surface area contributed by atoms with Gasteiger partial charge in [0.15, 0.2) is 11.8 Å². The summed E-state index contributed by atoms with van der Waals surface area (Å²) in [5.41, 5.74) is 1.09. The molecule has 0 saturated heterocycles. The van der Waals surface area contributed by atoms with Gasteiger partial charge < -0.3 is 20.1 Å². The SMILES string of the molecule is CN=C(NCc1ccc(Oc2ccc(F)cc2)cc1)NC1CCc2nc(COC)nn2C1. The minimum absolute atomic E-state index is 0.220. The lowest BCUT2D eigenvalue weighted by Crippen LogP contribution is -2.46. The van der Waals surface area contributed by atoms with Crippen LogP contribution in [0.1, 0.15) is 23.6 Å². The minimum atomic E-state index is -0.286. The number of fused-ring (bicyclic) bond motifs is 1. The molecule has 168 valence electrons. The van der Waals surface area contributed by atoms with Crippen molar-refractivity contribution in [3.8, 4) is 11.5 Å². The van der Waals surface area contributed by atoms with Gasteiger partial charge in [-0.15, -0.1) is 0 Å². The lowest BCUT2D eigenvalue weighted by Gasteiger charge is -2.25. The van der Waals surface area contributed by atoms with Gasteiger partial charge in [-0.25, -0.2) is 14.1 Å². The molecule has 9 heteroatoms. The van der Waals surface area contributed by atoms with Crippen molar-refractivity contribution in [2.45, 2.75) is 38.6 Å². The summed E-state index contributed by atoms with van der Waals surface area (Å²) in [6.45, 7) is 1.78. The average molecular weight is 439 g/mol. The number of ether oxygens (including phenoxy) is 2. The third-order valence-corrected chi connectivity index (χ3v) is 5.17. The van der Waals surface area contributed by atoms with E-state index in [1.165, 1.54) is 12.1 Å². The highest BCUT2D eigenvalue weighted by Crippen LogP contribution is 2.22. The van der Waals surface area contributed by atoms with Crippen molar-refractivity contribution in [2.75, 3.05) is 14.2 Å². The number of aliphatic imine (C=N–C) groups is 1. The summed E-state index contributed by atoms with van der Waals surface area (Å²) in [5, 5.41) is 11.3. The number of halogens is 1. The molecule has 0 amide bonds. The minimum Gasteiger partial charge on any atom is -0.457 e. The lowest BCUT2D eigenvalue weighted by molar-refractivity contribution is 0.177. The van der Waals surface area contributed by atoms with Crippen molar-refractivity contribution in [3.05, 3.63) is 71.6 Å². The van der Waals surface area contributed by atoms with Crippen molar-refractivity contribution in [2.24, 2.45) is 4.99 Å². The molecule has 2 N–H and O–H groups in total. The zero-order valence-electron chi connectivity index (χ0n) is 18.2. The Balaban J connectivity index is 1.27. The number of methoxy groups -OCH3 is 1. The molecule has 32 heavy (non-hydrogen) atoms. The van der Waals surface area contributed by atoms with E-state index in [1.807, 2.05) is 28.9 Å². The third kappa shape index (κ3) is 5.61. The molecule has 1 unspecified atom stereocenters. The maximum atomic E-state index is 13.0. The van der Waals surface area contributed by atoms with Crippen LogP contribution in [0.4, 0.5) is 4.39 Å². The van der Waals surface area contributed by atoms with Crippen molar-refractivity contribution < 1.29 is 13.9 Å². The smallest absolute Gasteiger partial charge is 0.191 e. The monoisotopic (exact) mass is 438 g/mol. The van der Waals surface area contributed by atoms with E-state index >= 15 is 0 Å². The number of nitrogens with zero attached hydrogens (tertiary/aromatic N) is 4. The molecule has 1 aromatic heterocycles. The summed E-state index contributed by atoms with van der Waals surface area (Å²) >= 11 is 0. The first-order valence-electron chi connectivity index (χ1n) is 10.5. The van der Waals surface area contributed by atoms with Crippen molar-refractivity contribution in [1.82, 2.24) is 25.4 Å². The highest BCUT2D eigenvalue weighted by molar-refractivity contribution is 5.79. The number of hydrogen-bond acceptors (Lipinski definition) is 5. The van der Waals surface area contributed by atoms with Crippen LogP contribution in [-0.2, 0) is 30.9 Å². The molecule has 2 aromatic carbocycles. The van der Waals surface area contributed by atoms with Gasteiger partial charge in [0.1, 0.15) is 29.7 Å². The average Bonchev–Trinajstić information content (AvgIpc) is 3.21. The molecule has 0 bridgehead atoms. The van der Waals surface area contributed by atoms with Crippen LogP contribution >= 0.6 is 0 Å². The molecule has 3 aromatic rings. The second-order valence-electron chi connectivity index (χ2n) is 7.57. The topological polar surface area (TPSA) is 85.6 Å². The number of rotatable bonds is 7. The van der Waals surface area contributed by atoms with Gasteiger partial charge in [-0.05, 0) is 48.4 Å². The number of nitrogens with one attached hydrogen (secondary N) is 2. The van der Waals surface area contributed by atoms with Crippen LogP contribution < -0.4 is 15.4 Å². The van der Waals surface area contributed by atoms with Gasteiger partial charge in [-0.1, -0.05) is 12.1 Å². The second-order valence-corrected chi connectivity index (χ2v) is 7.57. The fraction of sp³-hybridized carbons (Fsp3) is 0.348. The maximum absolute atomic E-state index is 13.0. The number of benzene rings is 2. The molecule has 8 nitrogen and oxygen atoms in total. The van der Waals surface area contributed by atoms with Gasteiger partial charge in [-0.3, -0.25) is 4.99 Å². The van der Waals surface area contributed by atoms with Gasteiger partial charge in [-0.2, -0.15) is 5.10 Å². The van der Waals surface area contributed by atoms with Crippen LogP contribution in [0.2, 0.25) is 0 Å². The van der Waals surface area contributed by atoms with Gasteiger partial charge >= 0.3 is 0 Å². The first-order valence-corrected chi connectivity index (χ1v) is 10.5. The highest BCUT2D eigenvalue weighted by atomic mass is 19.1. The molecule has 2 heterocycles. The number of aryl methyl sites for hydroxylation is 1. The Morgan fingerprint density at radius 1 is 1.16 bits per heavy atom. The van der Waals surface area contributed by atoms with Crippen molar-refractivity contribution >= 4 is 5.96 Å². The number of hydrogen-bond donors (Lipinski definition) is 2. The van der Waals surface area contributed by atoms with E-state index in [4.69, 9.17) is 9.47 Å². The van der Waals surface area contributed by atoms with Gasteiger partial charge in [0, 0.05) is 33.2 Å². The first kappa shape index (κ1) is 21.8. The Hall–Kier alpha value is -3.46. The molecular formula is C23H27FN6O2. The summed E-state index contributed by atoms with van der Waals surface area (Å²) in [6, 6.07) is 13.9. The molecule has 0 radical (unpaired) electrons. The Morgan fingerprint density at radius 2 is 1.88 bits per heavy atom. The van der Waals surface area contributed by atoms with Crippen LogP contribution in [0, 0.1) is 5.82 Å². The highest BCUT2D eigenvalue weighted by Gasteiger charge is 2.22. The number of guanidine groups is 1. The van der Waals surface area contributed by atoms with E-state index < -0.39 is 0 Å². The Kier molecular flexibility index (Phi) is 6.96. The molecule has 1 aliphatic heterocycles. The van der Waals surface area contributed by atoms with Gasteiger partial charge in [0.2, 0.25) is 0 Å². The standard InChI is InChI=1S/C23H27FN6O2/c1-25-23(27-18-7-12-22-28-21(15-31-2)29-30(22)14-18)26-13-16-3-8-19(9-4-16)32-20-10-5-17(24)6-11-20/h3-6,8-11,18H,7,12-15H2,1-2H3,(H2,25,26,27). The largest absolute Gasteiger partial charge is 0.457 e. The van der Waals surface area contributed by atoms with Crippen molar-refractivity contribution in [1.29, 1.82) is 0 Å². The normalized spacial score (nSPS) is 15.8. The fourth-order valence-corrected chi connectivity index (χ4v) is 3.56. The molecule has 0 saturated carbocycles. The van der Waals surface area contributed by atoms with Crippen LogP contribution in [0.5, 0.6) is 11.5 Å². The summed E-state index contributed by atoms with van der Waals surface area (Å²) in [6.07, 6.45) is 1.82. The molecule has 0 fully saturated rings. The molecule has 0 aliphatic carbocycles. The van der Waals surface area contributed by atoms with Crippen LogP contribution in [0.25, 0.3) is 0 Å². The Bertz CT molecular complexity index is 1050. The molecular weight excluding hydrogens is 411 g/mol. The fourth-order valence-electron chi connectivity index (χ4n) is 3.56. The molecule has 1 aliphatic rings. The Morgan fingerprint density at radius 3 is 2.56 bits per heavy atom. The predicted octanol–water partition coefficient (Wildman–Crippen LogP) is 3.04. The van der Waals surface area contributed by atoms with E-state index in [-0.39, 0.29) is 11.9 Å². The molecule has 1 atom stereocenters. The van der Waals surface area contributed by atoms with Crippen LogP contribution in [-0.4, -0.2) is 40.9 Å². The van der Waals surface area contributed by atoms with E-state index in [9.17, 15) is 4.39 Å². The van der Waals surface area contributed by atoms with Crippen LogP contribution in [0.3, 0.4) is 0 Å². The summed E-state index contributed by atoms with van der Waals surface area (Å²) in [5.74, 6) is 3.47. The van der Waals surface area contributed by atoms with Crippen molar-refractivity contribution in [3.63, 3.8) is 0 Å². The van der Waals surface area contributed by atoms with E-state index in [1.54, 1.807) is 26.3 Å². The Labute approximate surface area is 186 Å². The third-order valence-electron chi connectivity index (χ3n) is 5.17. The van der Waals surface area contributed by atoms with Gasteiger partial charge in [0.25, 0.3) is 0 Å². The second kappa shape index (κ2) is 10.2. The molecule has 4 rings (SSSR count). The molecule has 0 spiro atoms. The zero-order chi connectivity index (χ0) is 22.3. The van der Waals surface area contributed by atoms with Gasteiger partial charge in [0.05, 0.1) is 6.54 Å². The summed E-state index contributed by atoms with van der Waals surface area (Å²) in [7, 11) is 3.40. The lowest BCUT2D eigenvalue weighted by atomic mass is 10.1. The van der Waals surface area contributed by atoms with E-state index in [0.29, 0.717) is 24.7 Å². The quantitative estimate of drug-likeness (QED) is 0.436. The summed E-state index contributed by atoms with van der Waals surface area (Å²) in [4.78, 5) is 8.86. The van der Waals surface area contributed by atoms with E-state index in [2.05, 4.69) is 25.7 Å². The number of aromatic nitrogens is 3. The first-order chi connectivity index (χ1) is 15.6. The predicted molar refractivity (Wildman–Crippen MR) is 119 cm³/mol. The zero-order valence-corrected chi connectivity index (χ0v) is 18.2. The van der Waals surface area contributed by atoms with Crippen LogP contribution in [0.15, 0.2) is 53.5 Å². The maximum Gasteiger partial charge on any atom is 0.191 e. The van der Waals surface area contributed by atoms with E-state index in [0.717, 1.165) is 42.6 Å².